The molecule has 0 unspecified atom stereocenters. The smallest absolute Gasteiger partial charge is 0.00104 e. The summed E-state index contributed by atoms with van der Waals surface area (Å²) < 4.78 is 0. The SMILES string of the molecule is CCCCC1CCC(CNCC)(C2CC2)CC1. The molecule has 0 aliphatic heterocycles. The second-order valence-corrected chi connectivity index (χ2v) is 6.50. The molecule has 1 N–H and O–H groups in total. The fourth-order valence-corrected chi connectivity index (χ4v) is 3.83. The average Bonchev–Trinajstić information content (AvgIpc) is 3.20. The van der Waals surface area contributed by atoms with Crippen LogP contribution in [0.2, 0.25) is 0 Å². The van der Waals surface area contributed by atoms with Crippen molar-refractivity contribution in [2.45, 2.75) is 71.6 Å². The van der Waals surface area contributed by atoms with E-state index in [1.54, 1.807) is 0 Å². The Hall–Kier alpha value is -0.0400. The molecule has 0 saturated heterocycles. The van der Waals surface area contributed by atoms with E-state index in [1.807, 2.05) is 0 Å². The summed E-state index contributed by atoms with van der Waals surface area (Å²) in [6, 6.07) is 0. The van der Waals surface area contributed by atoms with E-state index in [9.17, 15) is 0 Å². The fraction of sp³-hybridized carbons (Fsp3) is 1.00. The highest BCUT2D eigenvalue weighted by atomic mass is 14.9. The maximum absolute atomic E-state index is 3.64. The van der Waals surface area contributed by atoms with Crippen molar-refractivity contribution in [2.75, 3.05) is 13.1 Å². The van der Waals surface area contributed by atoms with E-state index in [0.29, 0.717) is 5.41 Å². The average molecular weight is 237 g/mol. The van der Waals surface area contributed by atoms with E-state index in [2.05, 4.69) is 19.2 Å². The van der Waals surface area contributed by atoms with Crippen LogP contribution in [-0.2, 0) is 0 Å². The highest BCUT2D eigenvalue weighted by Crippen LogP contribution is 2.54. The Balaban J connectivity index is 1.80. The number of rotatable bonds is 7. The molecule has 2 fully saturated rings. The van der Waals surface area contributed by atoms with Crippen LogP contribution >= 0.6 is 0 Å². The van der Waals surface area contributed by atoms with E-state index in [-0.39, 0.29) is 0 Å². The van der Waals surface area contributed by atoms with Crippen LogP contribution < -0.4 is 5.32 Å². The summed E-state index contributed by atoms with van der Waals surface area (Å²) in [5.41, 5.74) is 0.707. The van der Waals surface area contributed by atoms with Gasteiger partial charge in [0.2, 0.25) is 0 Å². The fourth-order valence-electron chi connectivity index (χ4n) is 3.83. The Morgan fingerprint density at radius 3 is 2.29 bits per heavy atom. The van der Waals surface area contributed by atoms with Gasteiger partial charge in [0.25, 0.3) is 0 Å². The summed E-state index contributed by atoms with van der Waals surface area (Å²) in [7, 11) is 0. The third kappa shape index (κ3) is 3.47. The van der Waals surface area contributed by atoms with Crippen molar-refractivity contribution in [3.05, 3.63) is 0 Å². The molecule has 2 saturated carbocycles. The lowest BCUT2D eigenvalue weighted by atomic mass is 9.66. The zero-order valence-electron chi connectivity index (χ0n) is 11.9. The summed E-state index contributed by atoms with van der Waals surface area (Å²) in [4.78, 5) is 0. The molecule has 0 bridgehead atoms. The standard InChI is InChI=1S/C16H31N/c1-3-5-6-14-9-11-16(12-10-14,13-17-4-2)15-7-8-15/h14-15,17H,3-13H2,1-2H3. The van der Waals surface area contributed by atoms with Gasteiger partial charge in [-0.05, 0) is 62.3 Å². The van der Waals surface area contributed by atoms with Crippen LogP contribution in [0.25, 0.3) is 0 Å². The van der Waals surface area contributed by atoms with Crippen LogP contribution in [0, 0.1) is 17.3 Å². The van der Waals surface area contributed by atoms with E-state index in [4.69, 9.17) is 0 Å². The van der Waals surface area contributed by atoms with Crippen molar-refractivity contribution in [1.82, 2.24) is 5.32 Å². The molecule has 2 rings (SSSR count). The van der Waals surface area contributed by atoms with Crippen LogP contribution in [0.15, 0.2) is 0 Å². The molecule has 0 radical (unpaired) electrons. The maximum atomic E-state index is 3.64. The first kappa shape index (κ1) is 13.4. The first-order valence-electron chi connectivity index (χ1n) is 8.01. The van der Waals surface area contributed by atoms with E-state index in [1.165, 1.54) is 64.3 Å². The minimum absolute atomic E-state index is 0.707. The van der Waals surface area contributed by atoms with Crippen molar-refractivity contribution >= 4 is 0 Å². The second kappa shape index (κ2) is 6.22. The van der Waals surface area contributed by atoms with Gasteiger partial charge in [-0.15, -0.1) is 0 Å². The van der Waals surface area contributed by atoms with Gasteiger partial charge in [0, 0.05) is 6.54 Å². The minimum Gasteiger partial charge on any atom is -0.316 e. The Labute approximate surface area is 108 Å². The highest BCUT2D eigenvalue weighted by Gasteiger charge is 2.46. The number of nitrogens with one attached hydrogen (secondary N) is 1. The van der Waals surface area contributed by atoms with Crippen molar-refractivity contribution < 1.29 is 0 Å². The summed E-state index contributed by atoms with van der Waals surface area (Å²) in [5, 5.41) is 3.64. The van der Waals surface area contributed by atoms with Crippen molar-refractivity contribution in [2.24, 2.45) is 17.3 Å². The van der Waals surface area contributed by atoms with Crippen LogP contribution in [0.1, 0.15) is 71.6 Å². The number of hydrogen-bond donors (Lipinski definition) is 1. The van der Waals surface area contributed by atoms with E-state index < -0.39 is 0 Å². The molecule has 100 valence electrons. The van der Waals surface area contributed by atoms with E-state index >= 15 is 0 Å². The van der Waals surface area contributed by atoms with Crippen LogP contribution in [-0.4, -0.2) is 13.1 Å². The Kier molecular flexibility index (Phi) is 4.90. The molecule has 0 amide bonds. The summed E-state index contributed by atoms with van der Waals surface area (Å²) >= 11 is 0. The first-order valence-corrected chi connectivity index (χ1v) is 8.01. The summed E-state index contributed by atoms with van der Waals surface area (Å²) in [5.74, 6) is 2.14. The van der Waals surface area contributed by atoms with Gasteiger partial charge in [0.15, 0.2) is 0 Å². The molecule has 0 aromatic rings. The number of unbranched alkanes of at least 4 members (excludes halogenated alkanes) is 1. The zero-order chi connectivity index (χ0) is 12.1. The largest absolute Gasteiger partial charge is 0.316 e. The van der Waals surface area contributed by atoms with Crippen LogP contribution in [0.4, 0.5) is 0 Å². The molecular weight excluding hydrogens is 206 g/mol. The molecule has 0 aromatic heterocycles. The molecule has 17 heavy (non-hydrogen) atoms. The van der Waals surface area contributed by atoms with Gasteiger partial charge in [-0.25, -0.2) is 0 Å². The van der Waals surface area contributed by atoms with Gasteiger partial charge in [0.05, 0.1) is 0 Å². The first-order chi connectivity index (χ1) is 8.30. The van der Waals surface area contributed by atoms with Gasteiger partial charge in [-0.2, -0.15) is 0 Å². The summed E-state index contributed by atoms with van der Waals surface area (Å²) in [6.07, 6.45) is 13.4. The lowest BCUT2D eigenvalue weighted by Gasteiger charge is -2.41. The number of hydrogen-bond acceptors (Lipinski definition) is 1. The second-order valence-electron chi connectivity index (χ2n) is 6.50. The van der Waals surface area contributed by atoms with Gasteiger partial charge in [0.1, 0.15) is 0 Å². The monoisotopic (exact) mass is 237 g/mol. The van der Waals surface area contributed by atoms with Crippen molar-refractivity contribution in [3.63, 3.8) is 0 Å². The molecule has 0 spiro atoms. The Morgan fingerprint density at radius 2 is 1.76 bits per heavy atom. The predicted molar refractivity (Wildman–Crippen MR) is 75.2 cm³/mol. The lowest BCUT2D eigenvalue weighted by molar-refractivity contribution is 0.114. The maximum Gasteiger partial charge on any atom is 0.00104 e. The molecule has 2 aliphatic carbocycles. The molecule has 1 heteroatoms. The normalized spacial score (nSPS) is 33.9. The molecule has 2 aliphatic rings. The summed E-state index contributed by atoms with van der Waals surface area (Å²) in [6.45, 7) is 7.01. The molecule has 1 nitrogen and oxygen atoms in total. The highest BCUT2D eigenvalue weighted by molar-refractivity contribution is 4.98. The Bertz CT molecular complexity index is 212. The third-order valence-corrected chi connectivity index (χ3v) is 5.24. The predicted octanol–water partition coefficient (Wildman–Crippen LogP) is 4.37. The van der Waals surface area contributed by atoms with Crippen LogP contribution in [0.3, 0.4) is 0 Å². The van der Waals surface area contributed by atoms with Crippen molar-refractivity contribution in [3.8, 4) is 0 Å². The van der Waals surface area contributed by atoms with Gasteiger partial charge >= 0.3 is 0 Å². The van der Waals surface area contributed by atoms with Gasteiger partial charge in [-0.1, -0.05) is 33.1 Å². The minimum atomic E-state index is 0.707. The van der Waals surface area contributed by atoms with Gasteiger partial charge in [-0.3, -0.25) is 0 Å². The molecule has 0 aromatic carbocycles. The van der Waals surface area contributed by atoms with Crippen LogP contribution in [0.5, 0.6) is 0 Å². The zero-order valence-corrected chi connectivity index (χ0v) is 11.9. The lowest BCUT2D eigenvalue weighted by Crippen LogP contribution is -2.39. The molecular formula is C16H31N. The van der Waals surface area contributed by atoms with Crippen molar-refractivity contribution in [1.29, 1.82) is 0 Å². The topological polar surface area (TPSA) is 12.0 Å². The third-order valence-electron chi connectivity index (χ3n) is 5.24. The van der Waals surface area contributed by atoms with E-state index in [0.717, 1.165) is 18.4 Å². The molecule has 0 heterocycles. The molecule has 0 atom stereocenters. The quantitative estimate of drug-likeness (QED) is 0.693. The Morgan fingerprint density at radius 1 is 1.06 bits per heavy atom. The van der Waals surface area contributed by atoms with Gasteiger partial charge < -0.3 is 5.32 Å².